The molecule has 1 N–H and O–H groups in total. The van der Waals surface area contributed by atoms with Crippen LogP contribution in [0.4, 0.5) is 4.79 Å². The van der Waals surface area contributed by atoms with Gasteiger partial charge in [-0.1, -0.05) is 109 Å². The smallest absolute Gasteiger partial charge is 0.413 e. The number of H-pyrrole nitrogens is 1. The summed E-state index contributed by atoms with van der Waals surface area (Å²) in [6.07, 6.45) is 7.04. The predicted molar refractivity (Wildman–Crippen MR) is 227 cm³/mol. The van der Waals surface area contributed by atoms with E-state index in [0.717, 1.165) is 69.0 Å². The molecule has 3 atom stereocenters. The van der Waals surface area contributed by atoms with E-state index in [-0.39, 0.29) is 36.7 Å². The molecule has 0 aliphatic carbocycles. The van der Waals surface area contributed by atoms with Crippen LogP contribution in [-0.4, -0.2) is 94.6 Å². The maximum Gasteiger partial charge on any atom is 0.413 e. The highest BCUT2D eigenvalue weighted by Gasteiger charge is 2.53. The number of nitrogens with zero attached hydrogens (tertiary/aromatic N) is 5. The Bertz CT molecular complexity index is 2320. The number of carbonyl (C=O) groups is 2. The topological polar surface area (TPSA) is 113 Å². The molecule has 4 aliphatic rings. The Kier molecular flexibility index (Phi) is 11.0. The SMILES string of the molecule is CN(C)[C@@H](C(=O)N1CCC[C@H]1c1ncc(-c2ccc(-c3ccc(C4=CN=C([C@@H]5COC6(CCOCC6)N5C(=O)OCc5ccccc5)C4)cc3)cc2)[nH]1)c1ccccc1. The highest BCUT2D eigenvalue weighted by atomic mass is 16.6. The van der Waals surface area contributed by atoms with E-state index in [1.165, 1.54) is 0 Å². The fraction of sp³-hybridized carbons (Fsp3) is 0.333. The Labute approximate surface area is 345 Å². The summed E-state index contributed by atoms with van der Waals surface area (Å²) in [5.74, 6) is 0.924. The van der Waals surface area contributed by atoms with Crippen molar-refractivity contribution in [2.24, 2.45) is 4.99 Å². The molecular weight excluding hydrogens is 741 g/mol. The summed E-state index contributed by atoms with van der Waals surface area (Å²) in [4.78, 5) is 46.6. The van der Waals surface area contributed by atoms with Crippen molar-refractivity contribution >= 4 is 23.3 Å². The molecule has 0 unspecified atom stereocenters. The number of aromatic nitrogens is 2. The fourth-order valence-electron chi connectivity index (χ4n) is 9.03. The summed E-state index contributed by atoms with van der Waals surface area (Å²) in [5.41, 5.74) is 8.44. The summed E-state index contributed by atoms with van der Waals surface area (Å²) in [6, 6.07) is 36.0. The van der Waals surface area contributed by atoms with Gasteiger partial charge in [0, 0.05) is 37.7 Å². The number of carbonyl (C=O) groups excluding carboxylic acids is 2. The number of rotatable bonds is 10. The number of nitrogens with one attached hydrogen (secondary N) is 1. The van der Waals surface area contributed by atoms with Gasteiger partial charge in [0.1, 0.15) is 24.5 Å². The second-order valence-electron chi connectivity index (χ2n) is 16.1. The molecule has 3 saturated heterocycles. The molecule has 4 aliphatic heterocycles. The van der Waals surface area contributed by atoms with Crippen LogP contribution in [0, 0.1) is 0 Å². The summed E-state index contributed by atoms with van der Waals surface area (Å²) in [7, 11) is 3.92. The molecule has 0 radical (unpaired) electrons. The lowest BCUT2D eigenvalue weighted by atomic mass is 9.96. The summed E-state index contributed by atoms with van der Waals surface area (Å²) >= 11 is 0. The maximum absolute atomic E-state index is 13.9. The Morgan fingerprint density at radius 3 is 2.22 bits per heavy atom. The molecule has 5 heterocycles. The number of hydrogen-bond acceptors (Lipinski definition) is 8. The van der Waals surface area contributed by atoms with E-state index in [1.807, 2.05) is 97.0 Å². The van der Waals surface area contributed by atoms with E-state index in [1.54, 1.807) is 4.90 Å². The quantitative estimate of drug-likeness (QED) is 0.151. The van der Waals surface area contributed by atoms with Gasteiger partial charge in [0.15, 0.2) is 5.72 Å². The fourth-order valence-corrected chi connectivity index (χ4v) is 9.03. The van der Waals surface area contributed by atoms with Gasteiger partial charge in [0.05, 0.1) is 37.8 Å². The van der Waals surface area contributed by atoms with Crippen LogP contribution in [0.5, 0.6) is 0 Å². The van der Waals surface area contributed by atoms with Gasteiger partial charge < -0.3 is 24.1 Å². The molecule has 0 bridgehead atoms. The van der Waals surface area contributed by atoms with Crippen LogP contribution in [0.2, 0.25) is 0 Å². The lowest BCUT2D eigenvalue weighted by molar-refractivity contribution is -0.137. The molecule has 3 fully saturated rings. The minimum Gasteiger partial charge on any atom is -0.444 e. The van der Waals surface area contributed by atoms with Crippen molar-refractivity contribution in [2.45, 2.75) is 62.6 Å². The Hall–Kier alpha value is -5.88. The first kappa shape index (κ1) is 38.6. The number of aromatic amines is 1. The number of aliphatic imine (C=N–C) groups is 1. The van der Waals surface area contributed by atoms with E-state index < -0.39 is 5.72 Å². The minimum absolute atomic E-state index is 0.0906. The van der Waals surface area contributed by atoms with Crippen LogP contribution >= 0.6 is 0 Å². The van der Waals surface area contributed by atoms with E-state index >= 15 is 0 Å². The number of likely N-dealkylation sites (N-methyl/N-ethyl adjacent to an activating group) is 1. The van der Waals surface area contributed by atoms with Gasteiger partial charge in [-0.25, -0.2) is 9.78 Å². The van der Waals surface area contributed by atoms with Crippen molar-refractivity contribution in [2.75, 3.05) is 40.5 Å². The van der Waals surface area contributed by atoms with Crippen molar-refractivity contribution in [3.8, 4) is 22.4 Å². The van der Waals surface area contributed by atoms with Gasteiger partial charge in [-0.2, -0.15) is 0 Å². The molecule has 59 heavy (non-hydrogen) atoms. The summed E-state index contributed by atoms with van der Waals surface area (Å²) < 4.78 is 17.9. The van der Waals surface area contributed by atoms with Crippen LogP contribution in [0.15, 0.2) is 127 Å². The zero-order valence-electron chi connectivity index (χ0n) is 33.6. The van der Waals surface area contributed by atoms with Gasteiger partial charge in [-0.15, -0.1) is 0 Å². The number of likely N-dealkylation sites (tertiary alicyclic amines) is 1. The van der Waals surface area contributed by atoms with Crippen LogP contribution in [-0.2, 0) is 25.6 Å². The number of allylic oxidation sites excluding steroid dienone is 1. The zero-order chi connectivity index (χ0) is 40.3. The zero-order valence-corrected chi connectivity index (χ0v) is 33.6. The highest BCUT2D eigenvalue weighted by Crippen LogP contribution is 2.40. The van der Waals surface area contributed by atoms with Crippen molar-refractivity contribution in [1.82, 2.24) is 24.7 Å². The van der Waals surface area contributed by atoms with E-state index in [2.05, 4.69) is 53.5 Å². The predicted octanol–water partition coefficient (Wildman–Crippen LogP) is 8.44. The average Bonchev–Trinajstić information content (AvgIpc) is 4.11. The molecule has 1 spiro atoms. The molecule has 1 aromatic heterocycles. The molecule has 0 saturated carbocycles. The molecule has 11 heteroatoms. The summed E-state index contributed by atoms with van der Waals surface area (Å²) in [6.45, 7) is 2.34. The van der Waals surface area contributed by atoms with Gasteiger partial charge in [0.2, 0.25) is 5.91 Å². The standard InChI is InChI=1S/C48H50N6O5/c1-52(2)44(38-12-7-4-8-13-38)46(55)53-25-9-14-42(53)45-50-30-41(51-45)37-21-19-35(20-22-37)34-15-17-36(18-16-34)39-28-40(49-29-39)43-32-59-48(23-26-57-27-24-48)54(43)47(56)58-31-33-10-5-3-6-11-33/h3-8,10-13,15-22,29-30,42-44H,9,14,23-28,31-32H2,1-2H3,(H,50,51)/t42-,43-,44+/m0/s1. The minimum atomic E-state index is -0.755. The lowest BCUT2D eigenvalue weighted by Gasteiger charge is -2.40. The first-order valence-corrected chi connectivity index (χ1v) is 20.6. The highest BCUT2D eigenvalue weighted by molar-refractivity contribution is 6.03. The maximum atomic E-state index is 13.9. The van der Waals surface area contributed by atoms with Crippen LogP contribution in [0.1, 0.15) is 66.7 Å². The largest absolute Gasteiger partial charge is 0.444 e. The Morgan fingerprint density at radius 2 is 1.53 bits per heavy atom. The van der Waals surface area contributed by atoms with Crippen molar-refractivity contribution in [1.29, 1.82) is 0 Å². The molecule has 11 nitrogen and oxygen atoms in total. The van der Waals surface area contributed by atoms with Gasteiger partial charge in [0.25, 0.3) is 0 Å². The number of ether oxygens (including phenoxy) is 3. The van der Waals surface area contributed by atoms with Crippen molar-refractivity contribution < 1.29 is 23.8 Å². The van der Waals surface area contributed by atoms with E-state index in [9.17, 15) is 9.59 Å². The molecule has 5 aromatic rings. The van der Waals surface area contributed by atoms with Gasteiger partial charge in [-0.3, -0.25) is 19.6 Å². The van der Waals surface area contributed by atoms with E-state index in [0.29, 0.717) is 45.6 Å². The number of benzene rings is 4. The first-order chi connectivity index (χ1) is 28.9. The third kappa shape index (κ3) is 7.85. The van der Waals surface area contributed by atoms with Gasteiger partial charge >= 0.3 is 6.09 Å². The second-order valence-corrected chi connectivity index (χ2v) is 16.1. The number of imidazole rings is 1. The number of amides is 2. The van der Waals surface area contributed by atoms with Crippen molar-refractivity contribution in [3.05, 3.63) is 144 Å². The number of hydrogen-bond donors (Lipinski definition) is 1. The van der Waals surface area contributed by atoms with Gasteiger partial charge in [-0.05, 0) is 65.9 Å². The van der Waals surface area contributed by atoms with Crippen LogP contribution in [0.25, 0.3) is 28.0 Å². The monoisotopic (exact) mass is 790 g/mol. The Morgan fingerprint density at radius 1 is 0.864 bits per heavy atom. The first-order valence-electron chi connectivity index (χ1n) is 20.6. The second kappa shape index (κ2) is 16.8. The van der Waals surface area contributed by atoms with Crippen molar-refractivity contribution in [3.63, 3.8) is 0 Å². The third-order valence-corrected chi connectivity index (χ3v) is 12.2. The lowest BCUT2D eigenvalue weighted by Crippen LogP contribution is -2.56. The third-order valence-electron chi connectivity index (χ3n) is 12.2. The molecule has 2 amide bonds. The normalized spacial score (nSPS) is 20.5. The average molecular weight is 791 g/mol. The Balaban J connectivity index is 0.840. The molecule has 302 valence electrons. The van der Waals surface area contributed by atoms with E-state index in [4.69, 9.17) is 24.2 Å². The molecule has 9 rings (SSSR count). The molecule has 4 aromatic carbocycles. The van der Waals surface area contributed by atoms with Crippen LogP contribution < -0.4 is 0 Å². The van der Waals surface area contributed by atoms with Crippen LogP contribution in [0.3, 0.4) is 0 Å². The molecular formula is C48H50N6O5. The summed E-state index contributed by atoms with van der Waals surface area (Å²) in [5, 5.41) is 0.